The molecule has 0 aromatic carbocycles. The summed E-state index contributed by atoms with van der Waals surface area (Å²) in [6.07, 6.45) is 4.33. The summed E-state index contributed by atoms with van der Waals surface area (Å²) in [7, 11) is 0. The molecule has 0 aliphatic carbocycles. The maximum absolute atomic E-state index is 11.2. The molecule has 0 bridgehead atoms. The molecule has 1 aromatic heterocycles. The fourth-order valence-electron chi connectivity index (χ4n) is 1.77. The molecule has 6 nitrogen and oxygen atoms in total. The molecular formula is C9H13ClN4O2. The Kier molecular flexibility index (Phi) is 3.42. The summed E-state index contributed by atoms with van der Waals surface area (Å²) in [5.41, 5.74) is 2.09. The number of hydrogen-bond acceptors (Lipinski definition) is 4. The lowest BCUT2D eigenvalue weighted by Crippen LogP contribution is -2.39. The van der Waals surface area contributed by atoms with Gasteiger partial charge in [-0.1, -0.05) is 11.6 Å². The highest BCUT2D eigenvalue weighted by molar-refractivity contribution is 6.30. The summed E-state index contributed by atoms with van der Waals surface area (Å²) in [5.74, 6) is 4.76. The molecule has 1 amide bonds. The number of nitrogens with one attached hydrogen (secondary N) is 1. The topological polar surface area (TPSA) is 82.2 Å². The van der Waals surface area contributed by atoms with Crippen molar-refractivity contribution >= 4 is 17.5 Å². The van der Waals surface area contributed by atoms with Crippen LogP contribution < -0.4 is 11.3 Å². The summed E-state index contributed by atoms with van der Waals surface area (Å²) < 4.78 is 7.24. The van der Waals surface area contributed by atoms with Crippen LogP contribution in [-0.2, 0) is 16.1 Å². The average Bonchev–Trinajstić information content (AvgIpc) is 2.87. The number of nitrogens with zero attached hydrogens (tertiary/aromatic N) is 2. The second-order valence-electron chi connectivity index (χ2n) is 3.71. The predicted molar refractivity (Wildman–Crippen MR) is 57.5 cm³/mol. The van der Waals surface area contributed by atoms with Gasteiger partial charge in [-0.3, -0.25) is 14.9 Å². The van der Waals surface area contributed by atoms with Crippen molar-refractivity contribution in [1.29, 1.82) is 0 Å². The number of amides is 1. The van der Waals surface area contributed by atoms with Crippen LogP contribution in [0.5, 0.6) is 0 Å². The van der Waals surface area contributed by atoms with Gasteiger partial charge in [-0.05, 0) is 12.8 Å². The Balaban J connectivity index is 1.87. The monoisotopic (exact) mass is 244 g/mol. The molecule has 0 radical (unpaired) electrons. The minimum absolute atomic E-state index is 0.0155. The van der Waals surface area contributed by atoms with Gasteiger partial charge in [0.2, 0.25) is 0 Å². The van der Waals surface area contributed by atoms with E-state index in [1.807, 2.05) is 0 Å². The third-order valence-electron chi connectivity index (χ3n) is 2.53. The maximum Gasteiger partial charge on any atom is 0.263 e. The van der Waals surface area contributed by atoms with E-state index in [2.05, 4.69) is 10.5 Å². The Hall–Kier alpha value is -1.11. The average molecular weight is 245 g/mol. The first-order valence-electron chi connectivity index (χ1n) is 5.03. The Morgan fingerprint density at radius 1 is 1.75 bits per heavy atom. The number of nitrogens with two attached hydrogens (primary N) is 1. The van der Waals surface area contributed by atoms with E-state index in [1.54, 1.807) is 17.1 Å². The summed E-state index contributed by atoms with van der Waals surface area (Å²) >= 11 is 5.74. The Labute approximate surface area is 97.7 Å². The number of carbonyl (C=O) groups is 1. The van der Waals surface area contributed by atoms with Gasteiger partial charge in [0.1, 0.15) is 6.10 Å². The minimum Gasteiger partial charge on any atom is -0.363 e. The zero-order valence-corrected chi connectivity index (χ0v) is 9.35. The van der Waals surface area contributed by atoms with Gasteiger partial charge >= 0.3 is 0 Å². The molecule has 7 heteroatoms. The van der Waals surface area contributed by atoms with Crippen LogP contribution in [0.4, 0.5) is 0 Å². The molecule has 1 saturated heterocycles. The quantitative estimate of drug-likeness (QED) is 0.448. The van der Waals surface area contributed by atoms with E-state index in [4.69, 9.17) is 22.2 Å². The van der Waals surface area contributed by atoms with Gasteiger partial charge in [0.05, 0.1) is 23.9 Å². The number of carbonyl (C=O) groups excluding carboxylic acids is 1. The molecule has 16 heavy (non-hydrogen) atoms. The lowest BCUT2D eigenvalue weighted by molar-refractivity contribution is -0.132. The van der Waals surface area contributed by atoms with E-state index in [1.165, 1.54) is 0 Å². The van der Waals surface area contributed by atoms with E-state index < -0.39 is 6.10 Å². The molecule has 88 valence electrons. The smallest absolute Gasteiger partial charge is 0.263 e. The van der Waals surface area contributed by atoms with Gasteiger partial charge in [-0.25, -0.2) is 5.84 Å². The van der Waals surface area contributed by atoms with Crippen molar-refractivity contribution in [2.45, 2.75) is 31.6 Å². The summed E-state index contributed by atoms with van der Waals surface area (Å²) in [5, 5.41) is 4.64. The number of halogens is 1. The second-order valence-corrected chi connectivity index (χ2v) is 4.15. The molecule has 1 aromatic rings. The predicted octanol–water partition coefficient (Wildman–Crippen LogP) is 0.0740. The number of aromatic nitrogens is 2. The van der Waals surface area contributed by atoms with Crippen LogP contribution in [0, 0.1) is 0 Å². The highest BCUT2D eigenvalue weighted by Crippen LogP contribution is 2.21. The second kappa shape index (κ2) is 4.82. The summed E-state index contributed by atoms with van der Waals surface area (Å²) in [4.78, 5) is 11.2. The standard InChI is InChI=1S/C9H13ClN4O2/c10-6-3-12-14(4-6)5-7-1-2-8(16-7)9(15)13-11/h3-4,7-8H,1-2,5,11H2,(H,13,15). The van der Waals surface area contributed by atoms with Crippen molar-refractivity contribution in [2.24, 2.45) is 5.84 Å². The van der Waals surface area contributed by atoms with Crippen LogP contribution in [0.25, 0.3) is 0 Å². The van der Waals surface area contributed by atoms with E-state index in [-0.39, 0.29) is 12.0 Å². The molecule has 3 N–H and O–H groups in total. The third kappa shape index (κ3) is 2.52. The Morgan fingerprint density at radius 2 is 2.56 bits per heavy atom. The Bertz CT molecular complexity index is 381. The van der Waals surface area contributed by atoms with Crippen LogP contribution in [0.2, 0.25) is 5.02 Å². The van der Waals surface area contributed by atoms with Crippen LogP contribution >= 0.6 is 11.6 Å². The molecule has 1 fully saturated rings. The van der Waals surface area contributed by atoms with Crippen LogP contribution in [-0.4, -0.2) is 27.9 Å². The molecular weight excluding hydrogens is 232 g/mol. The number of hydrogen-bond donors (Lipinski definition) is 2. The minimum atomic E-state index is -0.443. The number of rotatable bonds is 3. The van der Waals surface area contributed by atoms with Gasteiger partial charge in [0, 0.05) is 6.20 Å². The fraction of sp³-hybridized carbons (Fsp3) is 0.556. The molecule has 2 rings (SSSR count). The van der Waals surface area contributed by atoms with Crippen LogP contribution in [0.15, 0.2) is 12.4 Å². The summed E-state index contributed by atoms with van der Waals surface area (Å²) in [6.45, 7) is 0.598. The van der Waals surface area contributed by atoms with Crippen molar-refractivity contribution in [3.63, 3.8) is 0 Å². The SMILES string of the molecule is NNC(=O)C1CCC(Cn2cc(Cl)cn2)O1. The molecule has 0 saturated carbocycles. The van der Waals surface area contributed by atoms with Crippen molar-refractivity contribution in [3.05, 3.63) is 17.4 Å². The molecule has 2 heterocycles. The van der Waals surface area contributed by atoms with Gasteiger partial charge in [0.15, 0.2) is 0 Å². The molecule has 2 atom stereocenters. The van der Waals surface area contributed by atoms with E-state index in [0.29, 0.717) is 18.0 Å². The van der Waals surface area contributed by atoms with E-state index >= 15 is 0 Å². The van der Waals surface area contributed by atoms with Gasteiger partial charge in [0.25, 0.3) is 5.91 Å². The Morgan fingerprint density at radius 3 is 3.19 bits per heavy atom. The third-order valence-corrected chi connectivity index (χ3v) is 2.73. The van der Waals surface area contributed by atoms with Crippen molar-refractivity contribution in [2.75, 3.05) is 0 Å². The zero-order chi connectivity index (χ0) is 11.5. The molecule has 1 aliphatic heterocycles. The first kappa shape index (κ1) is 11.4. The first-order chi connectivity index (χ1) is 7.69. The van der Waals surface area contributed by atoms with Crippen molar-refractivity contribution in [1.82, 2.24) is 15.2 Å². The van der Waals surface area contributed by atoms with Gasteiger partial charge in [-0.2, -0.15) is 5.10 Å². The molecule has 2 unspecified atom stereocenters. The first-order valence-corrected chi connectivity index (χ1v) is 5.40. The largest absolute Gasteiger partial charge is 0.363 e. The number of ether oxygens (including phenoxy) is 1. The summed E-state index contributed by atoms with van der Waals surface area (Å²) in [6, 6.07) is 0. The molecule has 1 aliphatic rings. The normalized spacial score (nSPS) is 24.6. The van der Waals surface area contributed by atoms with Gasteiger partial charge in [-0.15, -0.1) is 0 Å². The molecule has 0 spiro atoms. The number of hydrazine groups is 1. The highest BCUT2D eigenvalue weighted by atomic mass is 35.5. The maximum atomic E-state index is 11.2. The van der Waals surface area contributed by atoms with Crippen LogP contribution in [0.3, 0.4) is 0 Å². The van der Waals surface area contributed by atoms with Gasteiger partial charge < -0.3 is 4.74 Å². The lowest BCUT2D eigenvalue weighted by Gasteiger charge is -2.12. The zero-order valence-electron chi connectivity index (χ0n) is 8.60. The van der Waals surface area contributed by atoms with Crippen LogP contribution in [0.1, 0.15) is 12.8 Å². The van der Waals surface area contributed by atoms with E-state index in [0.717, 1.165) is 6.42 Å². The fourth-order valence-corrected chi connectivity index (χ4v) is 1.93. The highest BCUT2D eigenvalue weighted by Gasteiger charge is 2.30. The van der Waals surface area contributed by atoms with E-state index in [9.17, 15) is 4.79 Å². The lowest BCUT2D eigenvalue weighted by atomic mass is 10.2. The van der Waals surface area contributed by atoms with Crippen molar-refractivity contribution < 1.29 is 9.53 Å². The van der Waals surface area contributed by atoms with Crippen molar-refractivity contribution in [3.8, 4) is 0 Å².